The van der Waals surface area contributed by atoms with Gasteiger partial charge in [0, 0.05) is 12.8 Å². The number of rotatable bonds is 8. The number of aliphatic imine (C=N–C) groups is 1. The predicted molar refractivity (Wildman–Crippen MR) is 116 cm³/mol. The quantitative estimate of drug-likeness (QED) is 0.246. The Morgan fingerprint density at radius 1 is 1.16 bits per heavy atom. The molecule has 0 amide bonds. The average Bonchev–Trinajstić information content (AvgIpc) is 2.53. The van der Waals surface area contributed by atoms with Crippen molar-refractivity contribution in [2.45, 2.75) is 73.6 Å². The second kappa shape index (κ2) is 11.1. The molecule has 0 aromatic carbocycles. The fourth-order valence-corrected chi connectivity index (χ4v) is 3.18. The van der Waals surface area contributed by atoms with Crippen LogP contribution >= 0.6 is 0 Å². The van der Waals surface area contributed by atoms with Crippen LogP contribution in [0.1, 0.15) is 75.1 Å². The van der Waals surface area contributed by atoms with E-state index in [0.29, 0.717) is 5.41 Å². The lowest BCUT2D eigenvalue weighted by Gasteiger charge is -2.32. The summed E-state index contributed by atoms with van der Waals surface area (Å²) in [6.07, 6.45) is 21.2. The minimum atomic E-state index is 0. The van der Waals surface area contributed by atoms with Crippen molar-refractivity contribution in [3.8, 4) is 0 Å². The molecular formula is C24H38N+. The van der Waals surface area contributed by atoms with Crippen molar-refractivity contribution in [3.05, 3.63) is 58.7 Å². The zero-order valence-electron chi connectivity index (χ0n) is 18.2. The summed E-state index contributed by atoms with van der Waals surface area (Å²) in [5, 5.41) is 0. The summed E-state index contributed by atoms with van der Waals surface area (Å²) in [7, 11) is 0. The summed E-state index contributed by atoms with van der Waals surface area (Å²) >= 11 is 0. The van der Waals surface area contributed by atoms with E-state index in [1.807, 2.05) is 6.21 Å². The Hall–Kier alpha value is -1.63. The van der Waals surface area contributed by atoms with Gasteiger partial charge in [-0.2, -0.15) is 0 Å². The summed E-state index contributed by atoms with van der Waals surface area (Å²) in [4.78, 5) is 4.38. The Labute approximate surface area is 157 Å². The monoisotopic (exact) mass is 340 g/mol. The van der Waals surface area contributed by atoms with Gasteiger partial charge >= 0.3 is 1.43 Å². The lowest BCUT2D eigenvalue weighted by Crippen LogP contribution is -2.19. The summed E-state index contributed by atoms with van der Waals surface area (Å²) in [5.41, 5.74) is 5.89. The molecule has 1 rings (SSSR count). The minimum Gasteiger partial charge on any atom is -0.293 e. The number of hydrogen-bond donors (Lipinski definition) is 0. The van der Waals surface area contributed by atoms with Gasteiger partial charge in [0.05, 0.1) is 0 Å². The Bertz CT molecular complexity index is 598. The Morgan fingerprint density at radius 2 is 1.88 bits per heavy atom. The zero-order valence-corrected chi connectivity index (χ0v) is 17.2. The van der Waals surface area contributed by atoms with Gasteiger partial charge in [-0.15, -0.1) is 0 Å². The average molecular weight is 341 g/mol. The van der Waals surface area contributed by atoms with Crippen LogP contribution in [0.25, 0.3) is 0 Å². The highest BCUT2D eigenvalue weighted by Gasteiger charge is 2.26. The van der Waals surface area contributed by atoms with Crippen LogP contribution in [0.2, 0.25) is 0 Å². The van der Waals surface area contributed by atoms with E-state index < -0.39 is 0 Å². The van der Waals surface area contributed by atoms with Gasteiger partial charge in [0.2, 0.25) is 0 Å². The summed E-state index contributed by atoms with van der Waals surface area (Å²) in [5.74, 6) is 0. The zero-order chi connectivity index (χ0) is 18.7. The third kappa shape index (κ3) is 8.34. The fourth-order valence-electron chi connectivity index (χ4n) is 3.18. The number of nitrogens with zero attached hydrogens (tertiary/aromatic N) is 1. The topological polar surface area (TPSA) is 12.4 Å². The lowest BCUT2D eigenvalue weighted by molar-refractivity contribution is 0.377. The first-order valence-electron chi connectivity index (χ1n) is 9.77. The summed E-state index contributed by atoms with van der Waals surface area (Å²) in [6.45, 7) is 14.4. The molecule has 0 N–H and O–H groups in total. The molecule has 0 atom stereocenters. The van der Waals surface area contributed by atoms with Crippen molar-refractivity contribution in [3.63, 3.8) is 0 Å². The molecule has 0 aliphatic heterocycles. The number of hydrogen-bond acceptors (Lipinski definition) is 1. The first-order valence-corrected chi connectivity index (χ1v) is 9.77. The standard InChI is InChI=1S/C24H37N/c1-7-8-18-25-19-16-21(3)12-9-11-20(2)14-15-23-22(4)13-10-17-24(23,5)6/h9,11-12,14-16,19H,7-8,10,13,17-18H2,1-6H3/p+1/b12-9-,15-14+,20-11+,21-16+,25-19?. The molecule has 25 heavy (non-hydrogen) atoms. The third-order valence-electron chi connectivity index (χ3n) is 4.86. The molecule has 0 aromatic heterocycles. The molecule has 1 aliphatic rings. The molecule has 0 saturated carbocycles. The smallest absolute Gasteiger partial charge is 0.293 e. The lowest BCUT2D eigenvalue weighted by atomic mass is 9.72. The Balaban J connectivity index is 0.00000625. The van der Waals surface area contributed by atoms with E-state index in [1.54, 1.807) is 5.57 Å². The minimum absolute atomic E-state index is 0. The van der Waals surface area contributed by atoms with Crippen molar-refractivity contribution < 1.29 is 1.43 Å². The van der Waals surface area contributed by atoms with E-state index in [2.05, 4.69) is 83.0 Å². The Morgan fingerprint density at radius 3 is 2.56 bits per heavy atom. The fraction of sp³-hybridized carbons (Fsp3) is 0.542. The molecule has 1 aliphatic carbocycles. The van der Waals surface area contributed by atoms with E-state index in [9.17, 15) is 0 Å². The highest BCUT2D eigenvalue weighted by atomic mass is 14.7. The van der Waals surface area contributed by atoms with E-state index >= 15 is 0 Å². The molecule has 0 spiro atoms. The van der Waals surface area contributed by atoms with E-state index in [-0.39, 0.29) is 1.43 Å². The highest BCUT2D eigenvalue weighted by Crippen LogP contribution is 2.40. The first-order chi connectivity index (χ1) is 11.9. The molecule has 0 aromatic rings. The molecule has 138 valence electrons. The van der Waals surface area contributed by atoms with Crippen molar-refractivity contribution >= 4 is 6.21 Å². The van der Waals surface area contributed by atoms with Crippen molar-refractivity contribution in [1.82, 2.24) is 0 Å². The van der Waals surface area contributed by atoms with E-state index in [4.69, 9.17) is 0 Å². The normalized spacial score (nSPS) is 19.8. The SMILES string of the molecule is CCCCN=C/C=C(C)/C=C\C=C(C)\C=C\C1=C(C)CCCC1(C)C.[H+]. The van der Waals surface area contributed by atoms with Gasteiger partial charge in [-0.25, -0.2) is 0 Å². The van der Waals surface area contributed by atoms with Crippen LogP contribution in [-0.2, 0) is 0 Å². The second-order valence-electron chi connectivity index (χ2n) is 7.85. The van der Waals surface area contributed by atoms with Gasteiger partial charge in [0.25, 0.3) is 0 Å². The Kier molecular flexibility index (Phi) is 9.49. The predicted octanol–water partition coefficient (Wildman–Crippen LogP) is 7.50. The van der Waals surface area contributed by atoms with Gasteiger partial charge in [-0.05, 0) is 69.1 Å². The van der Waals surface area contributed by atoms with Crippen LogP contribution in [-0.4, -0.2) is 12.8 Å². The molecule has 0 saturated heterocycles. The van der Waals surface area contributed by atoms with Crippen LogP contribution < -0.4 is 0 Å². The van der Waals surface area contributed by atoms with Gasteiger partial charge in [0.1, 0.15) is 0 Å². The maximum atomic E-state index is 4.38. The van der Waals surface area contributed by atoms with Gasteiger partial charge in [-0.3, -0.25) is 4.99 Å². The molecule has 0 heterocycles. The molecule has 0 radical (unpaired) electrons. The van der Waals surface area contributed by atoms with Crippen LogP contribution in [0.15, 0.2) is 63.7 Å². The molecule has 1 heteroatoms. The van der Waals surface area contributed by atoms with Gasteiger partial charge in [-0.1, -0.05) is 68.7 Å². The van der Waals surface area contributed by atoms with Crippen molar-refractivity contribution in [1.29, 1.82) is 0 Å². The van der Waals surface area contributed by atoms with Crippen molar-refractivity contribution in [2.75, 3.05) is 6.54 Å². The highest BCUT2D eigenvalue weighted by molar-refractivity contribution is 5.72. The molecule has 0 bridgehead atoms. The largest absolute Gasteiger partial charge is 1.00 e. The van der Waals surface area contributed by atoms with Crippen LogP contribution in [0.5, 0.6) is 0 Å². The molecule has 1 nitrogen and oxygen atoms in total. The van der Waals surface area contributed by atoms with E-state index in [0.717, 1.165) is 6.54 Å². The van der Waals surface area contributed by atoms with Crippen molar-refractivity contribution in [2.24, 2.45) is 10.4 Å². The van der Waals surface area contributed by atoms with Gasteiger partial charge in [0.15, 0.2) is 0 Å². The number of unbranched alkanes of at least 4 members (excludes halogenated alkanes) is 1. The molecular weight excluding hydrogens is 302 g/mol. The first kappa shape index (κ1) is 21.4. The van der Waals surface area contributed by atoms with Gasteiger partial charge < -0.3 is 0 Å². The third-order valence-corrected chi connectivity index (χ3v) is 4.86. The summed E-state index contributed by atoms with van der Waals surface area (Å²) < 4.78 is 0. The van der Waals surface area contributed by atoms with Crippen LogP contribution in [0.4, 0.5) is 0 Å². The van der Waals surface area contributed by atoms with Crippen LogP contribution in [0, 0.1) is 5.41 Å². The molecule has 0 unspecified atom stereocenters. The van der Waals surface area contributed by atoms with Crippen LogP contribution in [0.3, 0.4) is 0 Å². The second-order valence-corrected chi connectivity index (χ2v) is 7.85. The maximum Gasteiger partial charge on any atom is 1.00 e. The molecule has 0 fully saturated rings. The maximum absolute atomic E-state index is 4.38. The van der Waals surface area contributed by atoms with E-state index in [1.165, 1.54) is 48.8 Å². The number of allylic oxidation sites excluding steroid dienone is 10. The summed E-state index contributed by atoms with van der Waals surface area (Å²) in [6, 6.07) is 0.